The second kappa shape index (κ2) is 9.48. The van der Waals surface area contributed by atoms with Gasteiger partial charge in [0, 0.05) is 31.1 Å². The molecule has 2 aliphatic heterocycles. The van der Waals surface area contributed by atoms with E-state index in [4.69, 9.17) is 4.74 Å². The molecule has 2 heterocycles. The van der Waals surface area contributed by atoms with Gasteiger partial charge in [-0.3, -0.25) is 4.99 Å². The van der Waals surface area contributed by atoms with Gasteiger partial charge in [-0.2, -0.15) is 13.1 Å². The summed E-state index contributed by atoms with van der Waals surface area (Å²) in [5.74, 6) is -0.622. The molecule has 188 valence electrons. The van der Waals surface area contributed by atoms with E-state index in [1.54, 1.807) is 30.5 Å². The highest BCUT2D eigenvalue weighted by Gasteiger charge is 2.43. The lowest BCUT2D eigenvalue weighted by Gasteiger charge is -2.42. The van der Waals surface area contributed by atoms with Crippen LogP contribution in [0.3, 0.4) is 0 Å². The molecule has 2 fully saturated rings. The zero-order valence-electron chi connectivity index (χ0n) is 19.3. The van der Waals surface area contributed by atoms with Crippen molar-refractivity contribution in [2.75, 3.05) is 20.2 Å². The molecule has 0 bridgehead atoms. The summed E-state index contributed by atoms with van der Waals surface area (Å²) in [5, 5.41) is 11.1. The van der Waals surface area contributed by atoms with Gasteiger partial charge in [-0.1, -0.05) is 12.1 Å². The third-order valence-corrected chi connectivity index (χ3v) is 9.16. The van der Waals surface area contributed by atoms with Gasteiger partial charge in [0.05, 0.1) is 24.2 Å². The van der Waals surface area contributed by atoms with Crippen molar-refractivity contribution >= 4 is 16.2 Å². The van der Waals surface area contributed by atoms with E-state index >= 15 is 0 Å². The minimum atomic E-state index is -3.62. The molecule has 1 saturated carbocycles. The lowest BCUT2D eigenvalue weighted by Crippen LogP contribution is -2.39. The van der Waals surface area contributed by atoms with Gasteiger partial charge in [-0.15, -0.1) is 0 Å². The molecule has 35 heavy (non-hydrogen) atoms. The molecule has 2 aromatic carbocycles. The molecule has 10 heteroatoms. The molecule has 1 aliphatic carbocycles. The van der Waals surface area contributed by atoms with Crippen LogP contribution in [0.5, 0.6) is 11.5 Å². The molecule has 7 nitrogen and oxygen atoms in total. The Kier molecular flexibility index (Phi) is 6.54. The average molecular weight is 507 g/mol. The van der Waals surface area contributed by atoms with Crippen LogP contribution in [0.1, 0.15) is 54.2 Å². The number of aliphatic hydroxyl groups is 1. The molecule has 4 unspecified atom stereocenters. The van der Waals surface area contributed by atoms with E-state index < -0.39 is 28.7 Å². The van der Waals surface area contributed by atoms with E-state index in [1.807, 2.05) is 6.07 Å². The van der Waals surface area contributed by atoms with Crippen LogP contribution in [-0.4, -0.2) is 63.0 Å². The van der Waals surface area contributed by atoms with Crippen LogP contribution in [0, 0.1) is 0 Å². The van der Waals surface area contributed by atoms with Gasteiger partial charge in [0.2, 0.25) is 10.0 Å². The van der Waals surface area contributed by atoms with Crippen molar-refractivity contribution in [3.05, 3.63) is 53.1 Å². The number of methoxy groups -OCH3 is 1. The van der Waals surface area contributed by atoms with Crippen LogP contribution in [-0.2, 0) is 10.0 Å². The molecule has 0 spiro atoms. The summed E-state index contributed by atoms with van der Waals surface area (Å²) in [6, 6.07) is 9.81. The summed E-state index contributed by atoms with van der Waals surface area (Å²) >= 11 is 0. The number of fused-ring (bicyclic) bond motifs is 3. The van der Waals surface area contributed by atoms with E-state index in [0.29, 0.717) is 37.1 Å². The highest BCUT2D eigenvalue weighted by molar-refractivity contribution is 7.89. The van der Waals surface area contributed by atoms with E-state index in [2.05, 4.69) is 9.73 Å². The highest BCUT2D eigenvalue weighted by Crippen LogP contribution is 2.50. The van der Waals surface area contributed by atoms with Crippen LogP contribution in [0.15, 0.2) is 46.3 Å². The van der Waals surface area contributed by atoms with Gasteiger partial charge in [0.25, 0.3) is 0 Å². The van der Waals surface area contributed by atoms with Crippen molar-refractivity contribution < 1.29 is 31.8 Å². The Morgan fingerprint density at radius 2 is 1.86 bits per heavy atom. The largest absolute Gasteiger partial charge is 0.493 e. The summed E-state index contributed by atoms with van der Waals surface area (Å²) in [4.78, 5) is 4.88. The minimum absolute atomic E-state index is 0.0854. The molecule has 5 rings (SSSR count). The maximum absolute atomic E-state index is 13.2. The van der Waals surface area contributed by atoms with E-state index in [-0.39, 0.29) is 28.4 Å². The molecule has 4 atom stereocenters. The third kappa shape index (κ3) is 4.43. The van der Waals surface area contributed by atoms with Crippen LogP contribution < -0.4 is 9.47 Å². The standard InChI is InChI=1S/C25H28F2N2O5S/c1-33-21-13-18-16(12-22(21)34-25(26)27)14-28-19-7-8-20(30)23(24(18)19)15-5-4-6-17(11-15)35(31,32)29-9-2-3-10-29/h4-6,11-14,19-20,23-25,30H,2-3,7-10H2,1H3. The number of rotatable bonds is 6. The molecule has 0 radical (unpaired) electrons. The Morgan fingerprint density at radius 3 is 2.57 bits per heavy atom. The Labute approximate surface area is 203 Å². The van der Waals surface area contributed by atoms with Gasteiger partial charge in [-0.25, -0.2) is 8.42 Å². The number of aliphatic hydroxyl groups excluding tert-OH is 1. The average Bonchev–Trinajstić information content (AvgIpc) is 3.39. The Hall–Kier alpha value is -2.56. The quantitative estimate of drug-likeness (QED) is 0.642. The second-order valence-electron chi connectivity index (χ2n) is 9.24. The smallest absolute Gasteiger partial charge is 0.387 e. The number of benzene rings is 2. The maximum Gasteiger partial charge on any atom is 0.387 e. The first kappa shape index (κ1) is 24.1. The van der Waals surface area contributed by atoms with Gasteiger partial charge in [-0.05, 0) is 66.6 Å². The van der Waals surface area contributed by atoms with Gasteiger partial charge in [0.15, 0.2) is 11.5 Å². The second-order valence-corrected chi connectivity index (χ2v) is 11.2. The van der Waals surface area contributed by atoms with Crippen LogP contribution in [0.4, 0.5) is 8.78 Å². The molecule has 1 saturated heterocycles. The maximum atomic E-state index is 13.2. The number of ether oxygens (including phenoxy) is 2. The van der Waals surface area contributed by atoms with Crippen molar-refractivity contribution in [3.63, 3.8) is 0 Å². The fraction of sp³-hybridized carbons (Fsp3) is 0.480. The molecule has 1 N–H and O–H groups in total. The van der Waals surface area contributed by atoms with Crippen LogP contribution in [0.25, 0.3) is 0 Å². The third-order valence-electron chi connectivity index (χ3n) is 7.27. The number of nitrogens with zero attached hydrogens (tertiary/aromatic N) is 2. The Balaban J connectivity index is 1.57. The first-order chi connectivity index (χ1) is 16.8. The van der Waals surface area contributed by atoms with Crippen LogP contribution in [0.2, 0.25) is 0 Å². The molecule has 2 aromatic rings. The fourth-order valence-corrected chi connectivity index (χ4v) is 7.22. The number of halogens is 2. The van der Waals surface area contributed by atoms with Crippen molar-refractivity contribution in [1.29, 1.82) is 0 Å². The van der Waals surface area contributed by atoms with Crippen LogP contribution >= 0.6 is 0 Å². The van der Waals surface area contributed by atoms with E-state index in [9.17, 15) is 22.3 Å². The summed E-state index contributed by atoms with van der Waals surface area (Å²) in [6.07, 6.45) is 3.80. The van der Waals surface area contributed by atoms with E-state index in [0.717, 1.165) is 18.4 Å². The topological polar surface area (TPSA) is 88.4 Å². The zero-order chi connectivity index (χ0) is 24.7. The number of alkyl halides is 2. The highest BCUT2D eigenvalue weighted by atomic mass is 32.2. The molecular weight excluding hydrogens is 478 g/mol. The lowest BCUT2D eigenvalue weighted by atomic mass is 9.66. The first-order valence-electron chi connectivity index (χ1n) is 11.8. The van der Waals surface area contributed by atoms with Crippen molar-refractivity contribution in [2.45, 2.75) is 61.2 Å². The van der Waals surface area contributed by atoms with E-state index in [1.165, 1.54) is 17.5 Å². The predicted molar refractivity (Wildman–Crippen MR) is 126 cm³/mol. The summed E-state index contributed by atoms with van der Waals surface area (Å²) < 4.78 is 63.7. The summed E-state index contributed by atoms with van der Waals surface area (Å²) in [5.41, 5.74) is 2.13. The van der Waals surface area contributed by atoms with Gasteiger partial charge >= 0.3 is 6.61 Å². The van der Waals surface area contributed by atoms with Crippen molar-refractivity contribution in [3.8, 4) is 11.5 Å². The Bertz CT molecular complexity index is 1230. The summed E-state index contributed by atoms with van der Waals surface area (Å²) in [7, 11) is -2.24. The number of aliphatic imine (C=N–C) groups is 1. The van der Waals surface area contributed by atoms with Gasteiger partial charge < -0.3 is 14.6 Å². The Morgan fingerprint density at radius 1 is 1.09 bits per heavy atom. The lowest BCUT2D eigenvalue weighted by molar-refractivity contribution is -0.0512. The van der Waals surface area contributed by atoms with Crippen molar-refractivity contribution in [2.24, 2.45) is 4.99 Å². The zero-order valence-corrected chi connectivity index (χ0v) is 20.1. The normalized spacial score (nSPS) is 26.4. The minimum Gasteiger partial charge on any atom is -0.493 e. The SMILES string of the molecule is COc1cc2c(cc1OC(F)F)C=NC1CCC(O)C(c3cccc(S(=O)(=O)N4CCCC4)c3)C21. The molecule has 3 aliphatic rings. The molecule has 0 amide bonds. The monoisotopic (exact) mass is 506 g/mol. The molecule has 0 aromatic heterocycles. The first-order valence-corrected chi connectivity index (χ1v) is 13.2. The number of hydrogen-bond acceptors (Lipinski definition) is 6. The number of hydrogen-bond donors (Lipinski definition) is 1. The number of sulfonamides is 1. The van der Waals surface area contributed by atoms with Gasteiger partial charge in [0.1, 0.15) is 0 Å². The van der Waals surface area contributed by atoms with Crippen molar-refractivity contribution in [1.82, 2.24) is 4.31 Å². The molecular formula is C25H28F2N2O5S. The predicted octanol–water partition coefficient (Wildman–Crippen LogP) is 3.90. The summed E-state index contributed by atoms with van der Waals surface area (Å²) in [6.45, 7) is -1.98. The fourth-order valence-electron chi connectivity index (χ4n) is 5.65.